The van der Waals surface area contributed by atoms with Gasteiger partial charge in [-0.15, -0.1) is 0 Å². The molecule has 1 N–H and O–H groups in total. The van der Waals surface area contributed by atoms with Gasteiger partial charge in [0.2, 0.25) is 0 Å². The van der Waals surface area contributed by atoms with Gasteiger partial charge < -0.3 is 5.32 Å². The molecule has 0 fully saturated rings. The number of halogens is 1. The Morgan fingerprint density at radius 2 is 2.00 bits per heavy atom. The molecule has 3 nitrogen and oxygen atoms in total. The van der Waals surface area contributed by atoms with E-state index >= 15 is 0 Å². The zero-order valence-corrected chi connectivity index (χ0v) is 14.0. The summed E-state index contributed by atoms with van der Waals surface area (Å²) in [6.45, 7) is 9.26. The van der Waals surface area contributed by atoms with Crippen molar-refractivity contribution in [1.29, 1.82) is 0 Å². The van der Waals surface area contributed by atoms with E-state index in [4.69, 9.17) is 0 Å². The molecule has 0 aromatic carbocycles. The minimum absolute atomic E-state index is 0.0570. The van der Waals surface area contributed by atoms with Crippen LogP contribution in [0.25, 0.3) is 0 Å². The van der Waals surface area contributed by atoms with Crippen molar-refractivity contribution < 1.29 is 0 Å². The van der Waals surface area contributed by atoms with Crippen LogP contribution in [0, 0.1) is 6.92 Å². The third-order valence-corrected chi connectivity index (χ3v) is 4.10. The smallest absolute Gasteiger partial charge is 0.137 e. The molecule has 5 heteroatoms. The van der Waals surface area contributed by atoms with Gasteiger partial charge in [-0.3, -0.25) is 0 Å². The molecule has 2 rings (SSSR count). The highest BCUT2D eigenvalue weighted by Gasteiger charge is 2.18. The number of nitrogens with one attached hydrogen (secondary N) is 1. The molecule has 102 valence electrons. The molecule has 0 atom stereocenters. The van der Waals surface area contributed by atoms with E-state index in [0.29, 0.717) is 0 Å². The average Bonchev–Trinajstić information content (AvgIpc) is 2.70. The van der Waals surface area contributed by atoms with E-state index in [9.17, 15) is 0 Å². The maximum Gasteiger partial charge on any atom is 0.137 e. The summed E-state index contributed by atoms with van der Waals surface area (Å²) in [5, 5.41) is 7.70. The second-order valence-corrected chi connectivity index (χ2v) is 7.14. The van der Waals surface area contributed by atoms with E-state index in [-0.39, 0.29) is 5.41 Å². The standard InChI is InChI=1S/C14H18BrN3S/c1-9-7-19-8-10(9)6-16-12-5-11(15)17-13(18-12)14(2,3)4/h5,7-8H,6H2,1-4H3,(H,16,17,18). The normalized spacial score (nSPS) is 11.6. The Hall–Kier alpha value is -0.940. The van der Waals surface area contributed by atoms with Crippen LogP contribution in [0.1, 0.15) is 37.7 Å². The molecule has 0 aliphatic heterocycles. The van der Waals surface area contributed by atoms with Gasteiger partial charge in [0, 0.05) is 18.0 Å². The number of aryl methyl sites for hydroxylation is 1. The lowest BCUT2D eigenvalue weighted by molar-refractivity contribution is 0.544. The van der Waals surface area contributed by atoms with Crippen molar-refractivity contribution in [3.63, 3.8) is 0 Å². The predicted molar refractivity (Wildman–Crippen MR) is 84.8 cm³/mol. The van der Waals surface area contributed by atoms with E-state index in [1.807, 2.05) is 6.07 Å². The minimum Gasteiger partial charge on any atom is -0.366 e. The zero-order valence-electron chi connectivity index (χ0n) is 11.6. The summed E-state index contributed by atoms with van der Waals surface area (Å²) in [6.07, 6.45) is 0. The van der Waals surface area contributed by atoms with Crippen LogP contribution < -0.4 is 5.32 Å². The highest BCUT2D eigenvalue weighted by atomic mass is 79.9. The second-order valence-electron chi connectivity index (χ2n) is 5.58. The van der Waals surface area contributed by atoms with E-state index in [2.05, 4.69) is 69.7 Å². The number of rotatable bonds is 3. The van der Waals surface area contributed by atoms with Crippen molar-refractivity contribution in [2.24, 2.45) is 0 Å². The zero-order chi connectivity index (χ0) is 14.0. The maximum atomic E-state index is 4.59. The summed E-state index contributed by atoms with van der Waals surface area (Å²) in [5.74, 6) is 1.70. The Bertz CT molecular complexity index is 572. The Morgan fingerprint density at radius 1 is 1.26 bits per heavy atom. The molecule has 0 spiro atoms. The molecule has 0 saturated carbocycles. The van der Waals surface area contributed by atoms with Crippen LogP contribution in [0.2, 0.25) is 0 Å². The van der Waals surface area contributed by atoms with Gasteiger partial charge in [-0.25, -0.2) is 9.97 Å². The van der Waals surface area contributed by atoms with Crippen LogP contribution in [-0.4, -0.2) is 9.97 Å². The van der Waals surface area contributed by atoms with Crippen molar-refractivity contribution in [1.82, 2.24) is 9.97 Å². The molecule has 19 heavy (non-hydrogen) atoms. The Morgan fingerprint density at radius 3 is 2.58 bits per heavy atom. The predicted octanol–water partition coefficient (Wildman–Crippen LogP) is 4.52. The third-order valence-electron chi connectivity index (χ3n) is 2.79. The SMILES string of the molecule is Cc1cscc1CNc1cc(Br)nc(C(C)(C)C)n1. The van der Waals surface area contributed by atoms with Gasteiger partial charge in [-0.1, -0.05) is 20.8 Å². The van der Waals surface area contributed by atoms with Crippen LogP contribution in [0.3, 0.4) is 0 Å². The number of aromatic nitrogens is 2. The lowest BCUT2D eigenvalue weighted by atomic mass is 9.96. The van der Waals surface area contributed by atoms with Gasteiger partial charge >= 0.3 is 0 Å². The topological polar surface area (TPSA) is 37.8 Å². The first kappa shape index (κ1) is 14.5. The van der Waals surface area contributed by atoms with Crippen molar-refractivity contribution >= 4 is 33.1 Å². The highest BCUT2D eigenvalue weighted by molar-refractivity contribution is 9.10. The van der Waals surface area contributed by atoms with Crippen molar-refractivity contribution in [2.75, 3.05) is 5.32 Å². The number of anilines is 1. The number of thiophene rings is 1. The third kappa shape index (κ3) is 3.76. The first-order valence-electron chi connectivity index (χ1n) is 6.17. The van der Waals surface area contributed by atoms with E-state index in [1.54, 1.807) is 11.3 Å². The summed E-state index contributed by atoms with van der Waals surface area (Å²) >= 11 is 5.18. The van der Waals surface area contributed by atoms with Crippen LogP contribution in [0.5, 0.6) is 0 Å². The molecule has 0 bridgehead atoms. The molecule has 2 aromatic heterocycles. The van der Waals surface area contributed by atoms with Gasteiger partial charge in [0.25, 0.3) is 0 Å². The lowest BCUT2D eigenvalue weighted by Gasteiger charge is -2.18. The van der Waals surface area contributed by atoms with Crippen LogP contribution in [0.4, 0.5) is 5.82 Å². The minimum atomic E-state index is -0.0570. The lowest BCUT2D eigenvalue weighted by Crippen LogP contribution is -2.17. The fraction of sp³-hybridized carbons (Fsp3) is 0.429. The van der Waals surface area contributed by atoms with Gasteiger partial charge in [0.15, 0.2) is 0 Å². The summed E-state index contributed by atoms with van der Waals surface area (Å²) in [7, 11) is 0. The summed E-state index contributed by atoms with van der Waals surface area (Å²) < 4.78 is 0.817. The van der Waals surface area contributed by atoms with Crippen molar-refractivity contribution in [3.05, 3.63) is 38.4 Å². The molecule has 0 unspecified atom stereocenters. The molecule has 0 aliphatic carbocycles. The summed E-state index contributed by atoms with van der Waals surface area (Å²) in [4.78, 5) is 9.02. The second kappa shape index (κ2) is 5.59. The van der Waals surface area contributed by atoms with Gasteiger partial charge in [-0.05, 0) is 44.7 Å². The van der Waals surface area contributed by atoms with Crippen LogP contribution in [-0.2, 0) is 12.0 Å². The quantitative estimate of drug-likeness (QED) is 0.835. The van der Waals surface area contributed by atoms with Crippen LogP contribution in [0.15, 0.2) is 21.4 Å². The summed E-state index contributed by atoms with van der Waals surface area (Å²) in [5.41, 5.74) is 2.58. The van der Waals surface area contributed by atoms with Gasteiger partial charge in [0.05, 0.1) is 0 Å². The van der Waals surface area contributed by atoms with E-state index in [0.717, 1.165) is 22.8 Å². The number of hydrogen-bond acceptors (Lipinski definition) is 4. The Kier molecular flexibility index (Phi) is 4.26. The maximum absolute atomic E-state index is 4.59. The molecule has 2 aromatic rings. The molecule has 0 amide bonds. The van der Waals surface area contributed by atoms with E-state index in [1.165, 1.54) is 11.1 Å². The van der Waals surface area contributed by atoms with E-state index < -0.39 is 0 Å². The van der Waals surface area contributed by atoms with Crippen molar-refractivity contribution in [3.8, 4) is 0 Å². The molecule has 0 radical (unpaired) electrons. The fourth-order valence-corrected chi connectivity index (χ4v) is 2.84. The first-order valence-corrected chi connectivity index (χ1v) is 7.90. The molecule has 2 heterocycles. The van der Waals surface area contributed by atoms with Gasteiger partial charge in [0.1, 0.15) is 16.2 Å². The van der Waals surface area contributed by atoms with Crippen LogP contribution >= 0.6 is 27.3 Å². The largest absolute Gasteiger partial charge is 0.366 e. The summed E-state index contributed by atoms with van der Waals surface area (Å²) in [6, 6.07) is 1.91. The molecular formula is C14H18BrN3S. The number of nitrogens with zero attached hydrogens (tertiary/aromatic N) is 2. The monoisotopic (exact) mass is 339 g/mol. The Labute approximate surface area is 126 Å². The Balaban J connectivity index is 2.17. The highest BCUT2D eigenvalue weighted by Crippen LogP contribution is 2.23. The molecule has 0 aliphatic rings. The molecule has 0 saturated heterocycles. The fourth-order valence-electron chi connectivity index (χ4n) is 1.60. The average molecular weight is 340 g/mol. The van der Waals surface area contributed by atoms with Gasteiger partial charge in [-0.2, -0.15) is 11.3 Å². The first-order chi connectivity index (χ1) is 8.86. The number of hydrogen-bond donors (Lipinski definition) is 1. The molecular weight excluding hydrogens is 322 g/mol. The van der Waals surface area contributed by atoms with Crippen molar-refractivity contribution in [2.45, 2.75) is 39.7 Å².